The predicted molar refractivity (Wildman–Crippen MR) is 76.8 cm³/mol. The third-order valence-electron chi connectivity index (χ3n) is 3.72. The SMILES string of the molecule is COc1ccccc1-c1nnc(CN2CCC(O)CC2)o1. The lowest BCUT2D eigenvalue weighted by Crippen LogP contribution is -2.35. The number of aliphatic hydroxyl groups excluding tert-OH is 1. The Bertz CT molecular complexity index is 591. The number of aliphatic hydroxyl groups is 1. The molecular weight excluding hydrogens is 270 g/mol. The zero-order valence-electron chi connectivity index (χ0n) is 12.0. The van der Waals surface area contributed by atoms with E-state index in [0.29, 0.717) is 24.1 Å². The molecule has 3 rings (SSSR count). The van der Waals surface area contributed by atoms with Crippen molar-refractivity contribution in [3.63, 3.8) is 0 Å². The summed E-state index contributed by atoms with van der Waals surface area (Å²) in [5.41, 5.74) is 0.799. The molecule has 0 aliphatic carbocycles. The van der Waals surface area contributed by atoms with Gasteiger partial charge in [0, 0.05) is 13.1 Å². The van der Waals surface area contributed by atoms with E-state index in [1.54, 1.807) is 7.11 Å². The average molecular weight is 289 g/mol. The van der Waals surface area contributed by atoms with E-state index in [-0.39, 0.29) is 6.10 Å². The minimum absolute atomic E-state index is 0.173. The van der Waals surface area contributed by atoms with Crippen molar-refractivity contribution in [3.05, 3.63) is 30.2 Å². The van der Waals surface area contributed by atoms with Crippen LogP contribution in [0.3, 0.4) is 0 Å². The zero-order valence-corrected chi connectivity index (χ0v) is 12.0. The first-order valence-electron chi connectivity index (χ1n) is 7.12. The van der Waals surface area contributed by atoms with Crippen LogP contribution in [0.5, 0.6) is 5.75 Å². The molecule has 0 bridgehead atoms. The summed E-state index contributed by atoms with van der Waals surface area (Å²) in [7, 11) is 1.62. The molecule has 2 aromatic rings. The van der Waals surface area contributed by atoms with Gasteiger partial charge in [0.25, 0.3) is 5.89 Å². The van der Waals surface area contributed by atoms with Crippen LogP contribution in [0.4, 0.5) is 0 Å². The van der Waals surface area contributed by atoms with Gasteiger partial charge in [0.05, 0.1) is 25.3 Å². The molecule has 1 aliphatic heterocycles. The molecule has 112 valence electrons. The number of ether oxygens (including phenoxy) is 1. The highest BCUT2D eigenvalue weighted by Gasteiger charge is 2.20. The van der Waals surface area contributed by atoms with Crippen LogP contribution in [0.25, 0.3) is 11.5 Å². The third kappa shape index (κ3) is 3.22. The summed E-state index contributed by atoms with van der Waals surface area (Å²) in [6.07, 6.45) is 1.43. The van der Waals surface area contributed by atoms with Crippen LogP contribution in [0.1, 0.15) is 18.7 Å². The summed E-state index contributed by atoms with van der Waals surface area (Å²) >= 11 is 0. The van der Waals surface area contributed by atoms with Gasteiger partial charge in [0.2, 0.25) is 5.89 Å². The van der Waals surface area contributed by atoms with Gasteiger partial charge >= 0.3 is 0 Å². The van der Waals surface area contributed by atoms with Gasteiger partial charge in [-0.1, -0.05) is 12.1 Å². The summed E-state index contributed by atoms with van der Waals surface area (Å²) in [4.78, 5) is 2.21. The van der Waals surface area contributed by atoms with Crippen molar-refractivity contribution < 1.29 is 14.3 Å². The molecule has 1 N–H and O–H groups in total. The third-order valence-corrected chi connectivity index (χ3v) is 3.72. The number of piperidine rings is 1. The Balaban J connectivity index is 1.71. The van der Waals surface area contributed by atoms with Gasteiger partial charge in [0.15, 0.2) is 0 Å². The van der Waals surface area contributed by atoms with Gasteiger partial charge in [-0.15, -0.1) is 10.2 Å². The van der Waals surface area contributed by atoms with Crippen LogP contribution in [0.2, 0.25) is 0 Å². The van der Waals surface area contributed by atoms with E-state index in [9.17, 15) is 5.11 Å². The number of likely N-dealkylation sites (tertiary alicyclic amines) is 1. The molecule has 1 saturated heterocycles. The number of hydrogen-bond acceptors (Lipinski definition) is 6. The largest absolute Gasteiger partial charge is 0.496 e. The molecule has 2 heterocycles. The van der Waals surface area contributed by atoms with E-state index in [4.69, 9.17) is 9.15 Å². The van der Waals surface area contributed by atoms with E-state index in [0.717, 1.165) is 31.5 Å². The van der Waals surface area contributed by atoms with E-state index in [1.807, 2.05) is 24.3 Å². The molecule has 0 amide bonds. The fraction of sp³-hybridized carbons (Fsp3) is 0.467. The van der Waals surface area contributed by atoms with Crippen molar-refractivity contribution in [2.45, 2.75) is 25.5 Å². The van der Waals surface area contributed by atoms with Gasteiger partial charge in [-0.05, 0) is 25.0 Å². The van der Waals surface area contributed by atoms with Gasteiger partial charge in [0.1, 0.15) is 5.75 Å². The van der Waals surface area contributed by atoms with E-state index < -0.39 is 0 Å². The Labute approximate surface area is 123 Å². The highest BCUT2D eigenvalue weighted by molar-refractivity contribution is 5.62. The highest BCUT2D eigenvalue weighted by atomic mass is 16.5. The molecule has 0 unspecified atom stereocenters. The average Bonchev–Trinajstić information content (AvgIpc) is 2.98. The number of para-hydroxylation sites is 1. The van der Waals surface area contributed by atoms with Crippen LogP contribution in [-0.4, -0.2) is 46.5 Å². The monoisotopic (exact) mass is 289 g/mol. The van der Waals surface area contributed by atoms with Crippen molar-refractivity contribution in [2.75, 3.05) is 20.2 Å². The fourth-order valence-corrected chi connectivity index (χ4v) is 2.52. The Hall–Kier alpha value is -1.92. The molecule has 21 heavy (non-hydrogen) atoms. The van der Waals surface area contributed by atoms with Crippen LogP contribution in [0.15, 0.2) is 28.7 Å². The van der Waals surface area contributed by atoms with E-state index >= 15 is 0 Å². The minimum Gasteiger partial charge on any atom is -0.496 e. The summed E-state index contributed by atoms with van der Waals surface area (Å²) in [5.74, 6) is 1.78. The quantitative estimate of drug-likeness (QED) is 0.923. The highest BCUT2D eigenvalue weighted by Crippen LogP contribution is 2.28. The Morgan fingerprint density at radius 2 is 2.05 bits per heavy atom. The molecule has 0 atom stereocenters. The lowest BCUT2D eigenvalue weighted by molar-refractivity contribution is 0.0752. The van der Waals surface area contributed by atoms with Crippen molar-refractivity contribution in [1.82, 2.24) is 15.1 Å². The Morgan fingerprint density at radius 3 is 2.81 bits per heavy atom. The summed E-state index contributed by atoms with van der Waals surface area (Å²) in [5, 5.41) is 17.7. The lowest BCUT2D eigenvalue weighted by Gasteiger charge is -2.27. The van der Waals surface area contributed by atoms with Crippen LogP contribution >= 0.6 is 0 Å². The topological polar surface area (TPSA) is 71.6 Å². The number of hydrogen-bond donors (Lipinski definition) is 1. The molecule has 1 aromatic heterocycles. The van der Waals surface area contributed by atoms with Gasteiger partial charge in [-0.2, -0.15) is 0 Å². The molecule has 0 radical (unpaired) electrons. The van der Waals surface area contributed by atoms with Crippen LogP contribution < -0.4 is 4.74 Å². The molecule has 0 saturated carbocycles. The molecular formula is C15H19N3O3. The standard InChI is InChI=1S/C15H19N3O3/c1-20-13-5-3-2-4-12(13)15-17-16-14(21-15)10-18-8-6-11(19)7-9-18/h2-5,11,19H,6-10H2,1H3. The van der Waals surface area contributed by atoms with Crippen molar-refractivity contribution >= 4 is 0 Å². The maximum Gasteiger partial charge on any atom is 0.251 e. The van der Waals surface area contributed by atoms with E-state index in [2.05, 4.69) is 15.1 Å². The first-order valence-corrected chi connectivity index (χ1v) is 7.12. The van der Waals surface area contributed by atoms with Crippen molar-refractivity contribution in [3.8, 4) is 17.2 Å². The minimum atomic E-state index is -0.173. The smallest absolute Gasteiger partial charge is 0.251 e. The normalized spacial score (nSPS) is 17.0. The molecule has 1 fully saturated rings. The molecule has 1 aromatic carbocycles. The zero-order chi connectivity index (χ0) is 14.7. The van der Waals surface area contributed by atoms with Gasteiger partial charge < -0.3 is 14.3 Å². The number of benzene rings is 1. The van der Waals surface area contributed by atoms with Crippen LogP contribution in [-0.2, 0) is 6.54 Å². The summed E-state index contributed by atoms with van der Waals surface area (Å²) in [6.45, 7) is 2.33. The van der Waals surface area contributed by atoms with Crippen LogP contribution in [0, 0.1) is 0 Å². The number of nitrogens with zero attached hydrogens (tertiary/aromatic N) is 3. The number of rotatable bonds is 4. The summed E-state index contributed by atoms with van der Waals surface area (Å²) in [6, 6.07) is 7.57. The Morgan fingerprint density at radius 1 is 1.29 bits per heavy atom. The van der Waals surface area contributed by atoms with Gasteiger partial charge in [-0.3, -0.25) is 4.90 Å². The summed E-state index contributed by atoms with van der Waals surface area (Å²) < 4.78 is 11.0. The first-order chi connectivity index (χ1) is 10.3. The second-order valence-electron chi connectivity index (χ2n) is 5.21. The molecule has 6 heteroatoms. The maximum absolute atomic E-state index is 9.51. The second-order valence-corrected chi connectivity index (χ2v) is 5.21. The maximum atomic E-state index is 9.51. The van der Waals surface area contributed by atoms with Crippen molar-refractivity contribution in [2.24, 2.45) is 0 Å². The van der Waals surface area contributed by atoms with E-state index in [1.165, 1.54) is 0 Å². The predicted octanol–water partition coefficient (Wildman–Crippen LogP) is 1.70. The Kier molecular flexibility index (Phi) is 4.17. The molecule has 0 spiro atoms. The van der Waals surface area contributed by atoms with Gasteiger partial charge in [-0.25, -0.2) is 0 Å². The number of aromatic nitrogens is 2. The molecule has 6 nitrogen and oxygen atoms in total. The first kappa shape index (κ1) is 14.0. The van der Waals surface area contributed by atoms with Crippen molar-refractivity contribution in [1.29, 1.82) is 0 Å². The fourth-order valence-electron chi connectivity index (χ4n) is 2.52. The molecule has 1 aliphatic rings. The second kappa shape index (κ2) is 6.24. The number of methoxy groups -OCH3 is 1. The lowest BCUT2D eigenvalue weighted by atomic mass is 10.1.